The van der Waals surface area contributed by atoms with Crippen molar-refractivity contribution in [1.82, 2.24) is 0 Å². The predicted molar refractivity (Wildman–Crippen MR) is 68.3 cm³/mol. The molecule has 0 saturated heterocycles. The van der Waals surface area contributed by atoms with Crippen molar-refractivity contribution in [3.05, 3.63) is 16.7 Å². The van der Waals surface area contributed by atoms with Crippen LogP contribution in [0, 0.1) is 0 Å². The second-order valence-corrected chi connectivity index (χ2v) is 5.12. The molecule has 2 aliphatic heterocycles. The van der Waals surface area contributed by atoms with E-state index < -0.39 is 0 Å². The van der Waals surface area contributed by atoms with Crippen LogP contribution >= 0.6 is 0 Å². The van der Waals surface area contributed by atoms with Gasteiger partial charge in [-0.1, -0.05) is 0 Å². The van der Waals surface area contributed by atoms with Gasteiger partial charge in [0.15, 0.2) is 17.3 Å². The number of benzene rings is 1. The summed E-state index contributed by atoms with van der Waals surface area (Å²) in [5.41, 5.74) is 2.83. The first kappa shape index (κ1) is 12.3. The molecule has 0 fully saturated rings. The van der Waals surface area contributed by atoms with Gasteiger partial charge in [0.1, 0.15) is 6.54 Å². The minimum atomic E-state index is 0.0280. The molecule has 5 nitrogen and oxygen atoms in total. The lowest BCUT2D eigenvalue weighted by Gasteiger charge is -2.26. The fourth-order valence-electron chi connectivity index (χ4n) is 2.97. The Kier molecular flexibility index (Phi) is 2.86. The average molecular weight is 264 g/mol. The number of hydrogen-bond acceptors (Lipinski definition) is 4. The van der Waals surface area contributed by atoms with Gasteiger partial charge in [0.25, 0.3) is 0 Å². The second-order valence-electron chi connectivity index (χ2n) is 5.12. The molecule has 2 aliphatic rings. The fraction of sp³-hybridized carbons (Fsp3) is 0.500. The zero-order chi connectivity index (χ0) is 13.6. The first-order valence-corrected chi connectivity index (χ1v) is 6.47. The molecule has 1 atom stereocenters. The van der Waals surface area contributed by atoms with Gasteiger partial charge in [-0.05, 0) is 12.5 Å². The molecule has 1 aromatic carbocycles. The molecule has 5 heteroatoms. The van der Waals surface area contributed by atoms with Gasteiger partial charge in [0.05, 0.1) is 31.8 Å². The van der Waals surface area contributed by atoms with Crippen LogP contribution in [0.15, 0.2) is 0 Å². The topological polar surface area (TPSA) is 49.2 Å². The normalized spacial score (nSPS) is 20.1. The molecule has 1 N–H and O–H groups in total. The number of methoxy groups -OCH3 is 1. The van der Waals surface area contributed by atoms with Crippen LogP contribution in [0.2, 0.25) is 0 Å². The maximum Gasteiger partial charge on any atom is 0.231 e. The predicted octanol–water partition coefficient (Wildman–Crippen LogP) is 0.197. The molecule has 0 spiro atoms. The van der Waals surface area contributed by atoms with Crippen LogP contribution in [0.25, 0.3) is 0 Å². The third kappa shape index (κ3) is 1.76. The summed E-state index contributed by atoms with van der Waals surface area (Å²) in [6, 6.07) is 0. The molecular formula is C14H18NO4+. The molecule has 0 amide bonds. The molecule has 0 bridgehead atoms. The summed E-state index contributed by atoms with van der Waals surface area (Å²) in [7, 11) is 3.77. The number of nitrogens with one attached hydrogen (secondary N) is 1. The number of ketones is 1. The van der Waals surface area contributed by atoms with Crippen molar-refractivity contribution >= 4 is 5.78 Å². The van der Waals surface area contributed by atoms with Crippen molar-refractivity contribution in [3.8, 4) is 17.2 Å². The maximum atomic E-state index is 12.0. The molecular weight excluding hydrogens is 246 g/mol. The highest BCUT2D eigenvalue weighted by Crippen LogP contribution is 2.48. The number of carbonyl (C=O) groups excluding carboxylic acids is 1. The van der Waals surface area contributed by atoms with E-state index in [1.165, 1.54) is 4.90 Å². The summed E-state index contributed by atoms with van der Waals surface area (Å²) < 4.78 is 16.5. The highest BCUT2D eigenvalue weighted by molar-refractivity contribution is 6.00. The van der Waals surface area contributed by atoms with E-state index in [9.17, 15) is 4.79 Å². The van der Waals surface area contributed by atoms with E-state index in [1.807, 2.05) is 0 Å². The van der Waals surface area contributed by atoms with Gasteiger partial charge < -0.3 is 19.1 Å². The lowest BCUT2D eigenvalue weighted by Crippen LogP contribution is -3.08. The van der Waals surface area contributed by atoms with Crippen molar-refractivity contribution in [1.29, 1.82) is 0 Å². The zero-order valence-corrected chi connectivity index (χ0v) is 11.5. The number of likely N-dealkylation sites (N-methyl/N-ethyl adjacent to an activating group) is 1. The summed E-state index contributed by atoms with van der Waals surface area (Å²) in [6.45, 7) is 3.58. The quantitative estimate of drug-likeness (QED) is 0.775. The Morgan fingerprint density at radius 2 is 2.00 bits per heavy atom. The lowest BCUT2D eigenvalue weighted by molar-refractivity contribution is -0.895. The molecule has 0 saturated carbocycles. The van der Waals surface area contributed by atoms with Crippen LogP contribution in [0.5, 0.6) is 17.2 Å². The molecule has 0 radical (unpaired) electrons. The number of Topliss-reactive ketones (excluding diaryl/α,β-unsaturated/α-hetero) is 1. The number of hydrogen-bond donors (Lipinski definition) is 1. The van der Waals surface area contributed by atoms with E-state index in [4.69, 9.17) is 14.2 Å². The third-order valence-electron chi connectivity index (χ3n) is 3.82. The van der Waals surface area contributed by atoms with E-state index in [-0.39, 0.29) is 12.6 Å². The zero-order valence-electron chi connectivity index (χ0n) is 11.5. The van der Waals surface area contributed by atoms with Gasteiger partial charge in [-0.2, -0.15) is 0 Å². The van der Waals surface area contributed by atoms with Gasteiger partial charge in [0, 0.05) is 6.42 Å². The Labute approximate surface area is 112 Å². The summed E-state index contributed by atoms with van der Waals surface area (Å²) in [5.74, 6) is 1.90. The van der Waals surface area contributed by atoms with E-state index in [1.54, 1.807) is 14.0 Å². The van der Waals surface area contributed by atoms with Crippen molar-refractivity contribution < 1.29 is 23.9 Å². The van der Waals surface area contributed by atoms with Gasteiger partial charge in [0.2, 0.25) is 12.5 Å². The number of carbonyl (C=O) groups is 1. The number of fused-ring (bicyclic) bond motifs is 2. The Balaban J connectivity index is 2.30. The van der Waals surface area contributed by atoms with Crippen LogP contribution < -0.4 is 19.1 Å². The summed E-state index contributed by atoms with van der Waals surface area (Å²) >= 11 is 0. The molecule has 0 aliphatic carbocycles. The Bertz CT molecular complexity index is 553. The lowest BCUT2D eigenvalue weighted by atomic mass is 9.90. The molecule has 1 unspecified atom stereocenters. The standard InChI is InChI=1S/C14H17NO4/c1-8(16)11-9-4-5-15(2)6-10(9)12(17-3)14-13(11)18-7-19-14/h4-7H2,1-3H3/p+1. The maximum absolute atomic E-state index is 12.0. The Morgan fingerprint density at radius 3 is 2.68 bits per heavy atom. The number of quaternary nitrogens is 1. The summed E-state index contributed by atoms with van der Waals surface area (Å²) in [6.07, 6.45) is 0.864. The Hall–Kier alpha value is -1.75. The van der Waals surface area contributed by atoms with Crippen molar-refractivity contribution in [3.63, 3.8) is 0 Å². The molecule has 0 aromatic heterocycles. The highest BCUT2D eigenvalue weighted by Gasteiger charge is 2.35. The smallest absolute Gasteiger partial charge is 0.231 e. The van der Waals surface area contributed by atoms with Gasteiger partial charge >= 0.3 is 0 Å². The molecule has 19 heavy (non-hydrogen) atoms. The van der Waals surface area contributed by atoms with Crippen LogP contribution in [0.3, 0.4) is 0 Å². The van der Waals surface area contributed by atoms with Crippen molar-refractivity contribution in [2.75, 3.05) is 27.5 Å². The van der Waals surface area contributed by atoms with E-state index in [0.717, 1.165) is 36.4 Å². The van der Waals surface area contributed by atoms with Gasteiger partial charge in [-0.3, -0.25) is 4.79 Å². The van der Waals surface area contributed by atoms with E-state index >= 15 is 0 Å². The summed E-state index contributed by atoms with van der Waals surface area (Å²) in [4.78, 5) is 13.4. The van der Waals surface area contributed by atoms with Crippen LogP contribution in [0.1, 0.15) is 28.4 Å². The fourth-order valence-corrected chi connectivity index (χ4v) is 2.97. The number of rotatable bonds is 2. The van der Waals surface area contributed by atoms with Crippen molar-refractivity contribution in [2.45, 2.75) is 19.9 Å². The first-order chi connectivity index (χ1) is 9.13. The second kappa shape index (κ2) is 4.42. The van der Waals surface area contributed by atoms with Crippen LogP contribution in [-0.4, -0.2) is 33.3 Å². The van der Waals surface area contributed by atoms with Gasteiger partial charge in [-0.15, -0.1) is 0 Å². The number of ether oxygens (including phenoxy) is 3. The molecule has 3 rings (SSSR count). The largest absolute Gasteiger partial charge is 0.492 e. The molecule has 1 aromatic rings. The van der Waals surface area contributed by atoms with Crippen molar-refractivity contribution in [2.24, 2.45) is 0 Å². The Morgan fingerprint density at radius 1 is 1.26 bits per heavy atom. The minimum absolute atomic E-state index is 0.0280. The SMILES string of the molecule is COc1c2c(c(C(C)=O)c3c1OCO3)CC[NH+](C)C2. The van der Waals surface area contributed by atoms with Gasteiger partial charge in [-0.25, -0.2) is 0 Å². The molecule has 2 heterocycles. The molecule has 102 valence electrons. The minimum Gasteiger partial charge on any atom is -0.492 e. The monoisotopic (exact) mass is 264 g/mol. The van der Waals surface area contributed by atoms with E-state index in [0.29, 0.717) is 17.1 Å². The first-order valence-electron chi connectivity index (χ1n) is 6.47. The highest BCUT2D eigenvalue weighted by atomic mass is 16.7. The van der Waals surface area contributed by atoms with E-state index in [2.05, 4.69) is 7.05 Å². The summed E-state index contributed by atoms with van der Waals surface area (Å²) in [5, 5.41) is 0. The van der Waals surface area contributed by atoms with Crippen LogP contribution in [0.4, 0.5) is 0 Å². The average Bonchev–Trinajstić information content (AvgIpc) is 2.83. The van der Waals surface area contributed by atoms with Crippen LogP contribution in [-0.2, 0) is 13.0 Å². The third-order valence-corrected chi connectivity index (χ3v) is 3.82.